The molecular formula is C23H15Br2IN2O3. The molecule has 0 aliphatic carbocycles. The van der Waals surface area contributed by atoms with Gasteiger partial charge in [0, 0.05) is 14.3 Å². The Hall–Kier alpha value is -2.17. The molecule has 0 saturated heterocycles. The first-order valence-corrected chi connectivity index (χ1v) is 11.8. The van der Waals surface area contributed by atoms with Crippen LogP contribution in [0.3, 0.4) is 0 Å². The number of carbonyl (C=O) groups excluding carboxylic acids is 1. The molecule has 8 heteroatoms. The molecule has 156 valence electrons. The van der Waals surface area contributed by atoms with Gasteiger partial charge in [-0.1, -0.05) is 44.0 Å². The van der Waals surface area contributed by atoms with Crippen LogP contribution in [0.15, 0.2) is 85.2 Å². The zero-order valence-electron chi connectivity index (χ0n) is 15.9. The van der Waals surface area contributed by atoms with E-state index in [1.54, 1.807) is 12.3 Å². The minimum Gasteiger partial charge on any atom is -0.488 e. The first-order valence-electron chi connectivity index (χ1n) is 9.17. The van der Waals surface area contributed by atoms with Crippen LogP contribution in [0.1, 0.15) is 21.7 Å². The Morgan fingerprint density at radius 2 is 1.81 bits per heavy atom. The van der Waals surface area contributed by atoms with Gasteiger partial charge in [0.2, 0.25) is 0 Å². The van der Waals surface area contributed by atoms with Gasteiger partial charge in [-0.2, -0.15) is 5.10 Å². The molecule has 5 nitrogen and oxygen atoms in total. The summed E-state index contributed by atoms with van der Waals surface area (Å²) in [6, 6.07) is 21.0. The van der Waals surface area contributed by atoms with Crippen molar-refractivity contribution in [2.24, 2.45) is 5.10 Å². The second-order valence-corrected chi connectivity index (χ2v) is 9.59. The van der Waals surface area contributed by atoms with Gasteiger partial charge < -0.3 is 9.15 Å². The van der Waals surface area contributed by atoms with Crippen molar-refractivity contribution < 1.29 is 13.9 Å². The molecule has 0 saturated carbocycles. The summed E-state index contributed by atoms with van der Waals surface area (Å²) in [5, 5.41) is 4.88. The summed E-state index contributed by atoms with van der Waals surface area (Å²) in [7, 11) is 0. The molecule has 31 heavy (non-hydrogen) atoms. The van der Waals surface area contributed by atoms with Crippen LogP contribution >= 0.6 is 54.5 Å². The molecule has 4 rings (SSSR count). The Balaban J connectivity index is 1.36. The third kappa shape index (κ3) is 5.75. The SMILES string of the molecule is O=C(N/N=C/c1ccc(OCc2ccc(Br)cc2)c(I)c1)c1cc2cc(Br)ccc2o1. The zero-order chi connectivity index (χ0) is 21.8. The number of halogens is 3. The Bertz CT molecular complexity index is 1270. The fourth-order valence-electron chi connectivity index (χ4n) is 2.80. The van der Waals surface area contributed by atoms with Crippen molar-refractivity contribution in [2.45, 2.75) is 6.61 Å². The van der Waals surface area contributed by atoms with Crippen LogP contribution in [-0.2, 0) is 6.61 Å². The first kappa shape index (κ1) is 22.0. The van der Waals surface area contributed by atoms with Crippen molar-refractivity contribution in [3.63, 3.8) is 0 Å². The van der Waals surface area contributed by atoms with Crippen molar-refractivity contribution in [1.82, 2.24) is 5.43 Å². The molecule has 1 heterocycles. The van der Waals surface area contributed by atoms with Crippen LogP contribution in [0.5, 0.6) is 5.75 Å². The Morgan fingerprint density at radius 3 is 2.58 bits per heavy atom. The summed E-state index contributed by atoms with van der Waals surface area (Å²) < 4.78 is 14.4. The molecule has 4 aromatic rings. The van der Waals surface area contributed by atoms with Gasteiger partial charge in [0.25, 0.3) is 0 Å². The number of benzene rings is 3. The summed E-state index contributed by atoms with van der Waals surface area (Å²) in [5.41, 5.74) is 5.07. The molecule has 0 aliphatic rings. The molecule has 0 fully saturated rings. The predicted octanol–water partition coefficient (Wildman–Crippen LogP) is 6.91. The zero-order valence-corrected chi connectivity index (χ0v) is 21.3. The van der Waals surface area contributed by atoms with E-state index in [0.717, 1.165) is 34.8 Å². The molecule has 3 aromatic carbocycles. The summed E-state index contributed by atoms with van der Waals surface area (Å²) in [6.45, 7) is 0.487. The molecule has 1 amide bonds. The average molecular weight is 654 g/mol. The lowest BCUT2D eigenvalue weighted by atomic mass is 10.2. The van der Waals surface area contributed by atoms with E-state index >= 15 is 0 Å². The third-order valence-corrected chi connectivity index (χ3v) is 6.21. The van der Waals surface area contributed by atoms with Crippen molar-refractivity contribution in [2.75, 3.05) is 0 Å². The quantitative estimate of drug-likeness (QED) is 0.140. The Morgan fingerprint density at radius 1 is 1.03 bits per heavy atom. The lowest BCUT2D eigenvalue weighted by molar-refractivity contribution is 0.0929. The van der Waals surface area contributed by atoms with Crippen molar-refractivity contribution in [1.29, 1.82) is 0 Å². The van der Waals surface area contributed by atoms with Crippen LogP contribution in [0.25, 0.3) is 11.0 Å². The smallest absolute Gasteiger partial charge is 0.307 e. The lowest BCUT2D eigenvalue weighted by Crippen LogP contribution is -2.16. The van der Waals surface area contributed by atoms with E-state index in [1.807, 2.05) is 60.7 Å². The van der Waals surface area contributed by atoms with Gasteiger partial charge in [0.15, 0.2) is 5.76 Å². The number of amides is 1. The molecule has 0 aliphatic heterocycles. The van der Waals surface area contributed by atoms with E-state index in [1.165, 1.54) is 0 Å². The standard InChI is InChI=1S/C23H15Br2IN2O3/c24-17-4-1-14(2-5-17)13-30-21-7-3-15(9-19(21)26)12-27-28-23(29)22-11-16-10-18(25)6-8-20(16)31-22/h1-12H,13H2,(H,28,29)/b27-12+. The maximum Gasteiger partial charge on any atom is 0.307 e. The summed E-state index contributed by atoms with van der Waals surface area (Å²) in [6.07, 6.45) is 1.58. The van der Waals surface area contributed by atoms with Crippen molar-refractivity contribution in [3.8, 4) is 5.75 Å². The summed E-state index contributed by atoms with van der Waals surface area (Å²) in [5.74, 6) is 0.586. The van der Waals surface area contributed by atoms with Gasteiger partial charge in [-0.15, -0.1) is 0 Å². The van der Waals surface area contributed by atoms with Gasteiger partial charge >= 0.3 is 5.91 Å². The second kappa shape index (κ2) is 9.97. The Kier molecular flexibility index (Phi) is 7.09. The number of nitrogens with one attached hydrogen (secondary N) is 1. The number of carbonyl (C=O) groups is 1. The van der Waals surface area contributed by atoms with Crippen molar-refractivity contribution >= 4 is 77.5 Å². The van der Waals surface area contributed by atoms with Gasteiger partial charge in [0.1, 0.15) is 17.9 Å². The fourth-order valence-corrected chi connectivity index (χ4v) is 4.14. The topological polar surface area (TPSA) is 63.8 Å². The third-order valence-electron chi connectivity index (χ3n) is 4.35. The predicted molar refractivity (Wildman–Crippen MR) is 137 cm³/mol. The van der Waals surface area contributed by atoms with Gasteiger partial charge in [-0.3, -0.25) is 4.79 Å². The number of hydrogen-bond acceptors (Lipinski definition) is 4. The molecule has 0 atom stereocenters. The Labute approximate surface area is 209 Å². The number of fused-ring (bicyclic) bond motifs is 1. The number of hydrogen-bond donors (Lipinski definition) is 1. The molecule has 0 bridgehead atoms. The summed E-state index contributed by atoms with van der Waals surface area (Å²) >= 11 is 9.05. The van der Waals surface area contributed by atoms with E-state index in [-0.39, 0.29) is 5.76 Å². The molecular weight excluding hydrogens is 639 g/mol. The van der Waals surface area contributed by atoms with E-state index < -0.39 is 5.91 Å². The lowest BCUT2D eigenvalue weighted by Gasteiger charge is -2.09. The van der Waals surface area contributed by atoms with Gasteiger partial charge in [0.05, 0.1) is 9.78 Å². The van der Waals surface area contributed by atoms with E-state index in [9.17, 15) is 4.79 Å². The number of rotatable bonds is 6. The van der Waals surface area contributed by atoms with Gasteiger partial charge in [-0.25, -0.2) is 5.43 Å². The normalized spacial score (nSPS) is 11.2. The highest BCUT2D eigenvalue weighted by Crippen LogP contribution is 2.24. The molecule has 0 spiro atoms. The van der Waals surface area contributed by atoms with Crippen LogP contribution in [0.2, 0.25) is 0 Å². The minimum atomic E-state index is -0.410. The van der Waals surface area contributed by atoms with Crippen LogP contribution in [0.4, 0.5) is 0 Å². The average Bonchev–Trinajstić information content (AvgIpc) is 3.17. The summed E-state index contributed by atoms with van der Waals surface area (Å²) in [4.78, 5) is 12.3. The maximum atomic E-state index is 12.3. The molecule has 0 radical (unpaired) electrons. The second-order valence-electron chi connectivity index (χ2n) is 6.60. The van der Waals surface area contributed by atoms with E-state index in [2.05, 4.69) is 65.0 Å². The monoisotopic (exact) mass is 652 g/mol. The molecule has 0 unspecified atom stereocenters. The molecule has 1 N–H and O–H groups in total. The van der Waals surface area contributed by atoms with Gasteiger partial charge in [-0.05, 0) is 88.3 Å². The number of hydrazone groups is 1. The van der Waals surface area contributed by atoms with Crippen LogP contribution < -0.4 is 10.2 Å². The number of ether oxygens (including phenoxy) is 1. The van der Waals surface area contributed by atoms with E-state index in [0.29, 0.717) is 12.2 Å². The van der Waals surface area contributed by atoms with E-state index in [4.69, 9.17) is 9.15 Å². The maximum absolute atomic E-state index is 12.3. The number of nitrogens with zero attached hydrogens (tertiary/aromatic N) is 1. The minimum absolute atomic E-state index is 0.205. The number of furan rings is 1. The molecule has 1 aromatic heterocycles. The highest BCUT2D eigenvalue weighted by Gasteiger charge is 2.11. The highest BCUT2D eigenvalue weighted by molar-refractivity contribution is 14.1. The fraction of sp³-hybridized carbons (Fsp3) is 0.0435. The highest BCUT2D eigenvalue weighted by atomic mass is 127. The largest absolute Gasteiger partial charge is 0.488 e. The first-order chi connectivity index (χ1) is 15.0. The van der Waals surface area contributed by atoms with Crippen LogP contribution in [0, 0.1) is 3.57 Å². The van der Waals surface area contributed by atoms with Crippen LogP contribution in [-0.4, -0.2) is 12.1 Å². The van der Waals surface area contributed by atoms with Crippen molar-refractivity contribution in [3.05, 3.63) is 96.1 Å².